The lowest BCUT2D eigenvalue weighted by atomic mass is 9.85. The number of carbonyl (C=O) groups is 1. The third-order valence-electron chi connectivity index (χ3n) is 2.64. The van der Waals surface area contributed by atoms with Crippen molar-refractivity contribution < 1.29 is 9.53 Å². The number of hydrogen-bond acceptors (Lipinski definition) is 2. The Morgan fingerprint density at radius 1 is 1.31 bits per heavy atom. The predicted molar refractivity (Wildman–Crippen MR) is 52.3 cm³/mol. The zero-order chi connectivity index (χ0) is 9.84. The van der Waals surface area contributed by atoms with Gasteiger partial charge in [0.1, 0.15) is 0 Å². The molecule has 0 aromatic rings. The van der Waals surface area contributed by atoms with E-state index in [9.17, 15) is 4.79 Å². The summed E-state index contributed by atoms with van der Waals surface area (Å²) in [6, 6.07) is 0. The maximum absolute atomic E-state index is 11.4. The minimum Gasteiger partial charge on any atom is -0.466 e. The Hall–Kier alpha value is -0.790. The molecule has 1 aliphatic carbocycles. The Bertz CT molecular complexity index is 226. The van der Waals surface area contributed by atoms with Crippen molar-refractivity contribution in [3.8, 4) is 0 Å². The van der Waals surface area contributed by atoms with E-state index in [1.165, 1.54) is 19.1 Å². The molecule has 2 nitrogen and oxygen atoms in total. The second-order valence-corrected chi connectivity index (χ2v) is 3.86. The minimum atomic E-state index is -0.122. The zero-order valence-corrected chi connectivity index (χ0v) is 8.72. The van der Waals surface area contributed by atoms with Crippen molar-refractivity contribution in [1.29, 1.82) is 0 Å². The minimum absolute atomic E-state index is 0.122. The lowest BCUT2D eigenvalue weighted by Gasteiger charge is -2.21. The molecule has 0 heterocycles. The Morgan fingerprint density at radius 2 is 1.92 bits per heavy atom. The van der Waals surface area contributed by atoms with E-state index in [-0.39, 0.29) is 5.97 Å². The van der Waals surface area contributed by atoms with Gasteiger partial charge in [-0.05, 0) is 31.6 Å². The number of carbonyl (C=O) groups excluding carboxylic acids is 1. The second kappa shape index (κ2) is 4.45. The van der Waals surface area contributed by atoms with E-state index in [1.807, 2.05) is 0 Å². The van der Waals surface area contributed by atoms with Crippen LogP contribution in [0.5, 0.6) is 0 Å². The Balaban J connectivity index is 2.89. The molecule has 0 aromatic carbocycles. The third-order valence-corrected chi connectivity index (χ3v) is 2.64. The number of allylic oxidation sites excluding steroid dienone is 1. The van der Waals surface area contributed by atoms with Gasteiger partial charge in [0.05, 0.1) is 7.11 Å². The molecule has 0 amide bonds. The van der Waals surface area contributed by atoms with Crippen LogP contribution < -0.4 is 0 Å². The number of ether oxygens (including phenoxy) is 1. The summed E-state index contributed by atoms with van der Waals surface area (Å²) < 4.78 is 4.77. The predicted octanol–water partition coefficient (Wildman–Crippen LogP) is 2.69. The summed E-state index contributed by atoms with van der Waals surface area (Å²) >= 11 is 0. The van der Waals surface area contributed by atoms with Gasteiger partial charge in [-0.25, -0.2) is 4.79 Å². The quantitative estimate of drug-likeness (QED) is 0.614. The highest BCUT2D eigenvalue weighted by molar-refractivity contribution is 5.89. The van der Waals surface area contributed by atoms with E-state index in [2.05, 4.69) is 13.8 Å². The van der Waals surface area contributed by atoms with Crippen LogP contribution in [0.25, 0.3) is 0 Å². The molecular weight excluding hydrogens is 164 g/mol. The molecule has 2 heteroatoms. The fourth-order valence-electron chi connectivity index (χ4n) is 1.92. The first kappa shape index (κ1) is 10.3. The van der Waals surface area contributed by atoms with Crippen molar-refractivity contribution in [2.45, 2.75) is 39.5 Å². The average Bonchev–Trinajstić information content (AvgIpc) is 2.16. The number of methoxy groups -OCH3 is 1. The summed E-state index contributed by atoms with van der Waals surface area (Å²) in [5, 5.41) is 0. The van der Waals surface area contributed by atoms with Crippen LogP contribution in [0.15, 0.2) is 11.1 Å². The van der Waals surface area contributed by atoms with Crippen molar-refractivity contribution in [3.05, 3.63) is 11.1 Å². The van der Waals surface area contributed by atoms with Gasteiger partial charge in [0.15, 0.2) is 0 Å². The number of rotatable bonds is 2. The first-order chi connectivity index (χ1) is 6.16. The molecule has 0 bridgehead atoms. The first-order valence-electron chi connectivity index (χ1n) is 4.97. The summed E-state index contributed by atoms with van der Waals surface area (Å²) in [6.07, 6.45) is 4.32. The van der Waals surface area contributed by atoms with Crippen LogP contribution in [0.3, 0.4) is 0 Å². The van der Waals surface area contributed by atoms with Crippen molar-refractivity contribution in [3.63, 3.8) is 0 Å². The summed E-state index contributed by atoms with van der Waals surface area (Å²) in [6.45, 7) is 4.28. The molecule has 0 aromatic heterocycles. The molecule has 0 unspecified atom stereocenters. The Kier molecular flexibility index (Phi) is 3.52. The zero-order valence-electron chi connectivity index (χ0n) is 8.72. The molecule has 0 fully saturated rings. The van der Waals surface area contributed by atoms with Gasteiger partial charge in [-0.2, -0.15) is 0 Å². The largest absolute Gasteiger partial charge is 0.466 e. The summed E-state index contributed by atoms with van der Waals surface area (Å²) in [7, 11) is 1.46. The topological polar surface area (TPSA) is 26.3 Å². The molecule has 0 radical (unpaired) electrons. The SMILES string of the molecule is COC(=O)C1=C(C(C)C)CCCC1. The van der Waals surface area contributed by atoms with E-state index >= 15 is 0 Å². The maximum Gasteiger partial charge on any atom is 0.333 e. The summed E-state index contributed by atoms with van der Waals surface area (Å²) in [4.78, 5) is 11.4. The molecule has 1 aliphatic rings. The molecule has 0 N–H and O–H groups in total. The average molecular weight is 182 g/mol. The van der Waals surface area contributed by atoms with Crippen LogP contribution in [0.2, 0.25) is 0 Å². The van der Waals surface area contributed by atoms with E-state index < -0.39 is 0 Å². The van der Waals surface area contributed by atoms with Crippen LogP contribution in [0.4, 0.5) is 0 Å². The first-order valence-corrected chi connectivity index (χ1v) is 4.97. The highest BCUT2D eigenvalue weighted by Gasteiger charge is 2.20. The number of hydrogen-bond donors (Lipinski definition) is 0. The molecule has 0 saturated heterocycles. The highest BCUT2D eigenvalue weighted by Crippen LogP contribution is 2.30. The van der Waals surface area contributed by atoms with Crippen molar-refractivity contribution in [2.24, 2.45) is 5.92 Å². The molecule has 13 heavy (non-hydrogen) atoms. The lowest BCUT2D eigenvalue weighted by molar-refractivity contribution is -0.136. The monoisotopic (exact) mass is 182 g/mol. The van der Waals surface area contributed by atoms with Gasteiger partial charge >= 0.3 is 5.97 Å². The van der Waals surface area contributed by atoms with E-state index in [1.54, 1.807) is 0 Å². The molecule has 0 spiro atoms. The molecule has 0 atom stereocenters. The molecular formula is C11H18O2. The smallest absolute Gasteiger partial charge is 0.333 e. The lowest BCUT2D eigenvalue weighted by Crippen LogP contribution is -2.14. The normalized spacial score (nSPS) is 17.8. The van der Waals surface area contributed by atoms with Crippen LogP contribution in [-0.2, 0) is 9.53 Å². The standard InChI is InChI=1S/C11H18O2/c1-8(2)9-6-4-5-7-10(9)11(12)13-3/h8H,4-7H2,1-3H3. The van der Waals surface area contributed by atoms with Crippen molar-refractivity contribution in [2.75, 3.05) is 7.11 Å². The van der Waals surface area contributed by atoms with Gasteiger partial charge in [0.2, 0.25) is 0 Å². The van der Waals surface area contributed by atoms with Crippen LogP contribution >= 0.6 is 0 Å². The van der Waals surface area contributed by atoms with Gasteiger partial charge in [0, 0.05) is 5.57 Å². The summed E-state index contributed by atoms with van der Waals surface area (Å²) in [5.74, 6) is 0.359. The van der Waals surface area contributed by atoms with E-state index in [0.29, 0.717) is 5.92 Å². The van der Waals surface area contributed by atoms with E-state index in [4.69, 9.17) is 4.74 Å². The van der Waals surface area contributed by atoms with Crippen LogP contribution in [0, 0.1) is 5.92 Å². The Labute approximate surface area is 80.0 Å². The van der Waals surface area contributed by atoms with Crippen LogP contribution in [0.1, 0.15) is 39.5 Å². The third kappa shape index (κ3) is 2.33. The van der Waals surface area contributed by atoms with Gasteiger partial charge in [-0.3, -0.25) is 0 Å². The molecule has 0 aliphatic heterocycles. The maximum atomic E-state index is 11.4. The van der Waals surface area contributed by atoms with E-state index in [0.717, 1.165) is 24.8 Å². The summed E-state index contributed by atoms with van der Waals surface area (Å²) in [5.41, 5.74) is 2.24. The van der Waals surface area contributed by atoms with Gasteiger partial charge in [0.25, 0.3) is 0 Å². The molecule has 1 rings (SSSR count). The van der Waals surface area contributed by atoms with Gasteiger partial charge in [-0.15, -0.1) is 0 Å². The van der Waals surface area contributed by atoms with Crippen LogP contribution in [-0.4, -0.2) is 13.1 Å². The molecule has 0 saturated carbocycles. The highest BCUT2D eigenvalue weighted by atomic mass is 16.5. The molecule has 74 valence electrons. The Morgan fingerprint density at radius 3 is 2.46 bits per heavy atom. The fourth-order valence-corrected chi connectivity index (χ4v) is 1.92. The van der Waals surface area contributed by atoms with Gasteiger partial charge < -0.3 is 4.74 Å². The van der Waals surface area contributed by atoms with Crippen molar-refractivity contribution >= 4 is 5.97 Å². The van der Waals surface area contributed by atoms with Crippen molar-refractivity contribution in [1.82, 2.24) is 0 Å². The second-order valence-electron chi connectivity index (χ2n) is 3.86. The van der Waals surface area contributed by atoms with Gasteiger partial charge in [-0.1, -0.05) is 19.4 Å². The number of esters is 1. The fraction of sp³-hybridized carbons (Fsp3) is 0.727.